The van der Waals surface area contributed by atoms with Crippen LogP contribution >= 0.6 is 0 Å². The number of unbranched alkanes of at least 4 members (excludes halogenated alkanes) is 23. The van der Waals surface area contributed by atoms with Gasteiger partial charge in [0, 0.05) is 12.8 Å². The summed E-state index contributed by atoms with van der Waals surface area (Å²) in [5.74, 6) is -0.257. The van der Waals surface area contributed by atoms with Crippen molar-refractivity contribution in [1.29, 1.82) is 0 Å². The molecule has 6 N–H and O–H groups in total. The van der Waals surface area contributed by atoms with E-state index in [4.69, 9.17) is 14.2 Å². The molecule has 0 spiro atoms. The summed E-state index contributed by atoms with van der Waals surface area (Å²) in [6, 6.07) is -0.840. The molecule has 0 aromatic rings. The lowest BCUT2D eigenvalue weighted by molar-refractivity contribution is -0.302. The minimum absolute atomic E-state index is 0.0444. The molecule has 0 aliphatic carbocycles. The van der Waals surface area contributed by atoms with Crippen molar-refractivity contribution in [3.63, 3.8) is 0 Å². The fourth-order valence-corrected chi connectivity index (χ4v) is 7.94. The van der Waals surface area contributed by atoms with Gasteiger partial charge in [-0.3, -0.25) is 9.59 Å². The van der Waals surface area contributed by atoms with E-state index in [1.807, 2.05) is 6.08 Å². The smallest absolute Gasteiger partial charge is 0.305 e. The normalized spacial score (nSPS) is 20.0. The Labute approximate surface area is 408 Å². The second-order valence-corrected chi connectivity index (χ2v) is 18.6. The van der Waals surface area contributed by atoms with E-state index < -0.39 is 49.5 Å². The lowest BCUT2D eigenvalue weighted by Gasteiger charge is -2.40. The zero-order valence-electron chi connectivity index (χ0n) is 42.3. The van der Waals surface area contributed by atoms with Crippen LogP contribution in [-0.4, -0.2) is 100 Å². The van der Waals surface area contributed by atoms with Crippen LogP contribution in [0.15, 0.2) is 60.8 Å². The van der Waals surface area contributed by atoms with Gasteiger partial charge in [0.2, 0.25) is 5.91 Å². The lowest BCUT2D eigenvalue weighted by Crippen LogP contribution is -2.60. The van der Waals surface area contributed by atoms with Gasteiger partial charge < -0.3 is 45.1 Å². The maximum atomic E-state index is 13.0. The topological polar surface area (TPSA) is 175 Å². The van der Waals surface area contributed by atoms with Gasteiger partial charge in [0.1, 0.15) is 24.4 Å². The Morgan fingerprint density at radius 2 is 1.01 bits per heavy atom. The van der Waals surface area contributed by atoms with E-state index in [9.17, 15) is 35.1 Å². The molecule has 0 aromatic heterocycles. The van der Waals surface area contributed by atoms with Gasteiger partial charge in [-0.1, -0.05) is 158 Å². The van der Waals surface area contributed by atoms with Crippen LogP contribution in [0, 0.1) is 0 Å². The molecular formula is C56H99NO10. The fourth-order valence-electron chi connectivity index (χ4n) is 7.94. The minimum atomic E-state index is -1.58. The number of carbonyl (C=O) groups excluding carboxylic acids is 2. The summed E-state index contributed by atoms with van der Waals surface area (Å²) < 4.78 is 16.6. The maximum absolute atomic E-state index is 13.0. The van der Waals surface area contributed by atoms with Crippen molar-refractivity contribution in [2.45, 2.75) is 262 Å². The Kier molecular flexibility index (Phi) is 42.6. The van der Waals surface area contributed by atoms with Gasteiger partial charge >= 0.3 is 5.97 Å². The second kappa shape index (κ2) is 45.8. The highest BCUT2D eigenvalue weighted by molar-refractivity contribution is 5.76. The summed E-state index contributed by atoms with van der Waals surface area (Å²) in [7, 11) is 0. The molecule has 7 unspecified atom stereocenters. The number of esters is 1. The molecule has 11 nitrogen and oxygen atoms in total. The van der Waals surface area contributed by atoms with Crippen LogP contribution < -0.4 is 5.32 Å². The summed E-state index contributed by atoms with van der Waals surface area (Å²) in [4.78, 5) is 25.0. The van der Waals surface area contributed by atoms with Crippen LogP contribution in [-0.2, 0) is 23.8 Å². The van der Waals surface area contributed by atoms with Crippen molar-refractivity contribution in [2.24, 2.45) is 0 Å². The average molecular weight is 946 g/mol. The highest BCUT2D eigenvalue weighted by atomic mass is 16.7. The Morgan fingerprint density at radius 1 is 0.552 bits per heavy atom. The van der Waals surface area contributed by atoms with E-state index >= 15 is 0 Å². The zero-order chi connectivity index (χ0) is 48.8. The first-order valence-electron chi connectivity index (χ1n) is 27.1. The molecule has 0 radical (unpaired) electrons. The number of allylic oxidation sites excluding steroid dienone is 9. The number of aliphatic hydroxyl groups excluding tert-OH is 5. The molecule has 0 aromatic carbocycles. The van der Waals surface area contributed by atoms with Crippen LogP contribution in [0.3, 0.4) is 0 Å². The molecule has 0 saturated carbocycles. The van der Waals surface area contributed by atoms with Gasteiger partial charge in [0.05, 0.1) is 32.0 Å². The predicted molar refractivity (Wildman–Crippen MR) is 273 cm³/mol. The van der Waals surface area contributed by atoms with Gasteiger partial charge in [-0.25, -0.2) is 0 Å². The Bertz CT molecular complexity index is 1300. The number of nitrogens with one attached hydrogen (secondary N) is 1. The summed E-state index contributed by atoms with van der Waals surface area (Å²) >= 11 is 0. The Balaban J connectivity index is 2.15. The SMILES string of the molecule is CCCCC/C=C\CCCCCCCC(=O)OCCCCC/C=C\C/C=C\CCCCCCCCCC(=O)NC(COC1OC(CO)C(O)C(O)C1O)C(O)/C=C/CC/C=C/CCCCCC. The van der Waals surface area contributed by atoms with Crippen molar-refractivity contribution < 1.29 is 49.3 Å². The molecule has 7 atom stereocenters. The largest absolute Gasteiger partial charge is 0.466 e. The molecule has 388 valence electrons. The standard InChI is InChI=1S/C56H99NO10/c1-3-5-7-9-11-13-15-24-28-32-36-40-44-52(61)65-45-41-37-33-29-25-22-20-18-16-17-19-21-23-27-31-35-39-43-51(60)57-48(47-66-56-55(64)54(63)53(62)50(46-58)67-56)49(59)42-38-34-30-26-14-12-10-8-6-4-2/h11,13-14,16,18,22,25-26,38,42,48-50,53-56,58-59,62-64H,3-10,12,15,17,19-21,23-24,27-37,39-41,43-47H2,1-2H3,(H,57,60)/b13-11-,18-16-,25-22-,26-14+,42-38+. The van der Waals surface area contributed by atoms with Crippen molar-refractivity contribution in [3.05, 3.63) is 60.8 Å². The predicted octanol–water partition coefficient (Wildman–Crippen LogP) is 11.5. The maximum Gasteiger partial charge on any atom is 0.305 e. The van der Waals surface area contributed by atoms with Crippen LogP contribution in [0.1, 0.15) is 219 Å². The van der Waals surface area contributed by atoms with Crippen LogP contribution in [0.25, 0.3) is 0 Å². The first-order chi connectivity index (χ1) is 32.7. The van der Waals surface area contributed by atoms with Gasteiger partial charge in [-0.2, -0.15) is 0 Å². The molecule has 1 heterocycles. The van der Waals surface area contributed by atoms with E-state index in [0.29, 0.717) is 19.4 Å². The summed E-state index contributed by atoms with van der Waals surface area (Å²) in [6.07, 6.45) is 47.4. The molecule has 1 fully saturated rings. The van der Waals surface area contributed by atoms with E-state index in [1.54, 1.807) is 6.08 Å². The number of hydrogen-bond acceptors (Lipinski definition) is 10. The Hall–Kier alpha value is -2.64. The van der Waals surface area contributed by atoms with Crippen molar-refractivity contribution in [3.8, 4) is 0 Å². The molecule has 1 saturated heterocycles. The number of hydrogen-bond donors (Lipinski definition) is 6. The quantitative estimate of drug-likeness (QED) is 0.0196. The van der Waals surface area contributed by atoms with E-state index in [1.165, 1.54) is 96.3 Å². The molecule has 1 aliphatic rings. The summed E-state index contributed by atoms with van der Waals surface area (Å²) in [5.41, 5.74) is 0. The first-order valence-corrected chi connectivity index (χ1v) is 27.1. The minimum Gasteiger partial charge on any atom is -0.466 e. The molecule has 11 heteroatoms. The van der Waals surface area contributed by atoms with Crippen molar-refractivity contribution >= 4 is 11.9 Å². The van der Waals surface area contributed by atoms with E-state index in [0.717, 1.165) is 96.3 Å². The van der Waals surface area contributed by atoms with Gasteiger partial charge in [0.15, 0.2) is 6.29 Å². The second-order valence-electron chi connectivity index (χ2n) is 18.6. The van der Waals surface area contributed by atoms with E-state index in [-0.39, 0.29) is 18.5 Å². The Morgan fingerprint density at radius 3 is 1.60 bits per heavy atom. The monoisotopic (exact) mass is 946 g/mol. The number of amides is 1. The zero-order valence-corrected chi connectivity index (χ0v) is 42.3. The first kappa shape index (κ1) is 62.4. The lowest BCUT2D eigenvalue weighted by atomic mass is 9.99. The van der Waals surface area contributed by atoms with Crippen LogP contribution in [0.5, 0.6) is 0 Å². The molecule has 1 rings (SSSR count). The molecule has 67 heavy (non-hydrogen) atoms. The third kappa shape index (κ3) is 36.0. The summed E-state index contributed by atoms with van der Waals surface area (Å²) in [5, 5.41) is 54.1. The average Bonchev–Trinajstić information content (AvgIpc) is 3.32. The highest BCUT2D eigenvalue weighted by Crippen LogP contribution is 2.22. The third-order valence-electron chi connectivity index (χ3n) is 12.3. The van der Waals surface area contributed by atoms with Crippen LogP contribution in [0.2, 0.25) is 0 Å². The fraction of sp³-hybridized carbons (Fsp3) is 0.786. The van der Waals surface area contributed by atoms with Crippen molar-refractivity contribution in [1.82, 2.24) is 5.32 Å². The molecule has 0 bridgehead atoms. The number of aliphatic hydroxyl groups is 5. The number of rotatable bonds is 45. The number of ether oxygens (including phenoxy) is 3. The highest BCUT2D eigenvalue weighted by Gasteiger charge is 2.44. The van der Waals surface area contributed by atoms with Gasteiger partial charge in [-0.15, -0.1) is 0 Å². The van der Waals surface area contributed by atoms with Gasteiger partial charge in [-0.05, 0) is 109 Å². The van der Waals surface area contributed by atoms with Gasteiger partial charge in [0.25, 0.3) is 0 Å². The molecule has 1 aliphatic heterocycles. The molecular weight excluding hydrogens is 847 g/mol. The third-order valence-corrected chi connectivity index (χ3v) is 12.3. The summed E-state index contributed by atoms with van der Waals surface area (Å²) in [6.45, 7) is 4.18. The van der Waals surface area contributed by atoms with Crippen LogP contribution in [0.4, 0.5) is 0 Å². The van der Waals surface area contributed by atoms with Crippen molar-refractivity contribution in [2.75, 3.05) is 19.8 Å². The number of carbonyl (C=O) groups is 2. The molecule has 1 amide bonds. The van der Waals surface area contributed by atoms with E-state index in [2.05, 4.69) is 67.8 Å².